The SMILES string of the molecule is CCN1CCC[C@@H]1[C@H]1CCCN1C(=O)[C@@H](C)N1CCOCC1. The predicted molar refractivity (Wildman–Crippen MR) is 86.9 cm³/mol. The molecule has 0 N–H and O–H groups in total. The van der Waals surface area contributed by atoms with Gasteiger partial charge in [0.15, 0.2) is 0 Å². The lowest BCUT2D eigenvalue weighted by atomic mass is 10.0. The number of morpholine rings is 1. The maximum Gasteiger partial charge on any atom is 0.239 e. The largest absolute Gasteiger partial charge is 0.379 e. The maximum absolute atomic E-state index is 13.0. The molecule has 0 aromatic heterocycles. The Hall–Kier alpha value is -0.650. The van der Waals surface area contributed by atoms with Crippen LogP contribution in [0.1, 0.15) is 39.5 Å². The molecule has 0 radical (unpaired) electrons. The number of nitrogens with zero attached hydrogens (tertiary/aromatic N) is 3. The maximum atomic E-state index is 13.0. The first-order valence-electron chi connectivity index (χ1n) is 9.08. The second-order valence-corrected chi connectivity index (χ2v) is 6.90. The van der Waals surface area contributed by atoms with E-state index in [0.717, 1.165) is 39.4 Å². The Kier molecular flexibility index (Phi) is 5.37. The molecular formula is C17H31N3O2. The summed E-state index contributed by atoms with van der Waals surface area (Å²) in [6, 6.07) is 1.03. The average Bonchev–Trinajstić information content (AvgIpc) is 3.22. The third-order valence-electron chi connectivity index (χ3n) is 5.80. The lowest BCUT2D eigenvalue weighted by Crippen LogP contribution is -2.55. The van der Waals surface area contributed by atoms with Gasteiger partial charge in [0.1, 0.15) is 0 Å². The molecule has 3 saturated heterocycles. The van der Waals surface area contributed by atoms with Crippen molar-refractivity contribution in [3.8, 4) is 0 Å². The number of likely N-dealkylation sites (tertiary alicyclic amines) is 2. The van der Waals surface area contributed by atoms with Crippen molar-refractivity contribution in [2.75, 3.05) is 45.9 Å². The topological polar surface area (TPSA) is 36.0 Å². The van der Waals surface area contributed by atoms with Gasteiger partial charge in [-0.2, -0.15) is 0 Å². The van der Waals surface area contributed by atoms with Crippen LogP contribution in [-0.4, -0.2) is 84.7 Å². The third kappa shape index (κ3) is 3.17. The van der Waals surface area contributed by atoms with Crippen LogP contribution >= 0.6 is 0 Å². The highest BCUT2D eigenvalue weighted by Gasteiger charge is 2.41. The zero-order valence-electron chi connectivity index (χ0n) is 14.2. The van der Waals surface area contributed by atoms with Crippen LogP contribution in [-0.2, 0) is 9.53 Å². The summed E-state index contributed by atoms with van der Waals surface area (Å²) in [7, 11) is 0. The predicted octanol–water partition coefficient (Wildman–Crippen LogP) is 1.18. The van der Waals surface area contributed by atoms with Gasteiger partial charge in [-0.3, -0.25) is 14.6 Å². The molecule has 0 aromatic carbocycles. The van der Waals surface area contributed by atoms with Crippen LogP contribution in [0.2, 0.25) is 0 Å². The second-order valence-electron chi connectivity index (χ2n) is 6.90. The van der Waals surface area contributed by atoms with Gasteiger partial charge in [0, 0.05) is 31.7 Å². The van der Waals surface area contributed by atoms with Crippen molar-refractivity contribution < 1.29 is 9.53 Å². The van der Waals surface area contributed by atoms with Crippen molar-refractivity contribution in [3.63, 3.8) is 0 Å². The number of carbonyl (C=O) groups excluding carboxylic acids is 1. The number of rotatable bonds is 4. The fraction of sp³-hybridized carbons (Fsp3) is 0.941. The zero-order valence-corrected chi connectivity index (χ0v) is 14.2. The molecule has 22 heavy (non-hydrogen) atoms. The molecule has 3 atom stereocenters. The summed E-state index contributed by atoms with van der Waals surface area (Å²) in [5.74, 6) is 0.340. The Morgan fingerprint density at radius 2 is 1.77 bits per heavy atom. The molecule has 3 aliphatic heterocycles. The van der Waals surface area contributed by atoms with E-state index < -0.39 is 0 Å². The van der Waals surface area contributed by atoms with Crippen molar-refractivity contribution in [3.05, 3.63) is 0 Å². The van der Waals surface area contributed by atoms with E-state index in [1.165, 1.54) is 32.2 Å². The molecule has 126 valence electrons. The van der Waals surface area contributed by atoms with Crippen LogP contribution in [0, 0.1) is 0 Å². The van der Waals surface area contributed by atoms with Crippen molar-refractivity contribution in [1.82, 2.24) is 14.7 Å². The minimum absolute atomic E-state index is 0.000907. The number of ether oxygens (including phenoxy) is 1. The molecule has 3 rings (SSSR count). The highest BCUT2D eigenvalue weighted by Crippen LogP contribution is 2.30. The molecule has 0 bridgehead atoms. The van der Waals surface area contributed by atoms with Gasteiger partial charge < -0.3 is 9.64 Å². The van der Waals surface area contributed by atoms with E-state index in [1.807, 2.05) is 0 Å². The van der Waals surface area contributed by atoms with Crippen LogP contribution < -0.4 is 0 Å². The van der Waals surface area contributed by atoms with Crippen LogP contribution in [0.15, 0.2) is 0 Å². The summed E-state index contributed by atoms with van der Waals surface area (Å²) < 4.78 is 5.41. The van der Waals surface area contributed by atoms with Gasteiger partial charge in [-0.15, -0.1) is 0 Å². The molecule has 0 aliphatic carbocycles. The molecule has 5 nitrogen and oxygen atoms in total. The normalized spacial score (nSPS) is 32.5. The molecule has 0 unspecified atom stereocenters. The van der Waals surface area contributed by atoms with Crippen molar-refractivity contribution >= 4 is 5.91 Å². The van der Waals surface area contributed by atoms with Crippen molar-refractivity contribution in [2.45, 2.75) is 57.7 Å². The van der Waals surface area contributed by atoms with Gasteiger partial charge in [-0.1, -0.05) is 6.92 Å². The lowest BCUT2D eigenvalue weighted by Gasteiger charge is -2.38. The fourth-order valence-electron chi connectivity index (χ4n) is 4.51. The molecule has 3 fully saturated rings. The average molecular weight is 309 g/mol. The molecule has 0 aromatic rings. The first-order valence-corrected chi connectivity index (χ1v) is 9.08. The van der Waals surface area contributed by atoms with Crippen molar-refractivity contribution in [1.29, 1.82) is 0 Å². The highest BCUT2D eigenvalue weighted by molar-refractivity contribution is 5.82. The molecule has 5 heteroatoms. The first kappa shape index (κ1) is 16.2. The van der Waals surface area contributed by atoms with E-state index in [1.54, 1.807) is 0 Å². The Balaban J connectivity index is 1.65. The number of hydrogen-bond donors (Lipinski definition) is 0. The van der Waals surface area contributed by atoms with Gasteiger partial charge in [0.25, 0.3) is 0 Å². The van der Waals surface area contributed by atoms with Crippen LogP contribution in [0.25, 0.3) is 0 Å². The minimum atomic E-state index is 0.000907. The Morgan fingerprint density at radius 3 is 2.50 bits per heavy atom. The van der Waals surface area contributed by atoms with Crippen LogP contribution in [0.5, 0.6) is 0 Å². The quantitative estimate of drug-likeness (QED) is 0.781. The van der Waals surface area contributed by atoms with Crippen molar-refractivity contribution in [2.24, 2.45) is 0 Å². The van der Waals surface area contributed by atoms with Gasteiger partial charge in [-0.25, -0.2) is 0 Å². The Bertz CT molecular complexity index is 384. The van der Waals surface area contributed by atoms with Gasteiger partial charge in [0.2, 0.25) is 5.91 Å². The van der Waals surface area contributed by atoms with Gasteiger partial charge >= 0.3 is 0 Å². The fourth-order valence-corrected chi connectivity index (χ4v) is 4.51. The molecule has 3 aliphatic rings. The molecule has 0 spiro atoms. The molecule has 1 amide bonds. The third-order valence-corrected chi connectivity index (χ3v) is 5.80. The first-order chi connectivity index (χ1) is 10.7. The van der Waals surface area contributed by atoms with Gasteiger partial charge in [-0.05, 0) is 45.7 Å². The summed E-state index contributed by atoms with van der Waals surface area (Å²) in [4.78, 5) is 20.1. The minimum Gasteiger partial charge on any atom is -0.379 e. The standard InChI is InChI=1S/C17H31N3O2/c1-3-18-8-4-6-15(18)16-7-5-9-20(16)17(21)14(2)19-10-12-22-13-11-19/h14-16H,3-13H2,1-2H3/t14-,15-,16-/m1/s1. The van der Waals surface area contributed by atoms with E-state index in [0.29, 0.717) is 18.0 Å². The summed E-state index contributed by atoms with van der Waals surface area (Å²) >= 11 is 0. The Labute approximate surface area is 134 Å². The summed E-state index contributed by atoms with van der Waals surface area (Å²) in [5.41, 5.74) is 0. The van der Waals surface area contributed by atoms with Crippen LogP contribution in [0.3, 0.4) is 0 Å². The molecular weight excluding hydrogens is 278 g/mol. The number of likely N-dealkylation sites (N-methyl/N-ethyl adjacent to an activating group) is 1. The number of amides is 1. The smallest absolute Gasteiger partial charge is 0.239 e. The lowest BCUT2D eigenvalue weighted by molar-refractivity contribution is -0.139. The second kappa shape index (κ2) is 7.28. The zero-order chi connectivity index (χ0) is 15.5. The summed E-state index contributed by atoms with van der Waals surface area (Å²) in [6.07, 6.45) is 4.90. The Morgan fingerprint density at radius 1 is 1.09 bits per heavy atom. The molecule has 0 saturated carbocycles. The monoisotopic (exact) mass is 309 g/mol. The number of carbonyl (C=O) groups is 1. The van der Waals surface area contributed by atoms with Crippen LogP contribution in [0.4, 0.5) is 0 Å². The summed E-state index contributed by atoms with van der Waals surface area (Å²) in [6.45, 7) is 10.9. The van der Waals surface area contributed by atoms with E-state index in [2.05, 4.69) is 28.5 Å². The van der Waals surface area contributed by atoms with E-state index in [-0.39, 0.29) is 6.04 Å². The van der Waals surface area contributed by atoms with Gasteiger partial charge in [0.05, 0.1) is 19.3 Å². The molecule has 3 heterocycles. The highest BCUT2D eigenvalue weighted by atomic mass is 16.5. The van der Waals surface area contributed by atoms with E-state index in [9.17, 15) is 4.79 Å². The summed E-state index contributed by atoms with van der Waals surface area (Å²) in [5, 5.41) is 0. The van der Waals surface area contributed by atoms with E-state index in [4.69, 9.17) is 4.74 Å². The van der Waals surface area contributed by atoms with E-state index >= 15 is 0 Å². The number of hydrogen-bond acceptors (Lipinski definition) is 4.